The van der Waals surface area contributed by atoms with E-state index in [1.807, 2.05) is 12.1 Å². The molecular weight excluding hydrogens is 172 g/mol. The Morgan fingerprint density at radius 3 is 3.17 bits per heavy atom. The van der Waals surface area contributed by atoms with Crippen LogP contribution in [-0.4, -0.2) is 6.10 Å². The number of fused-ring (bicyclic) bond motifs is 1. The highest BCUT2D eigenvalue weighted by Gasteiger charge is 2.18. The molecule has 64 valence electrons. The third-order valence-corrected chi connectivity index (χ3v) is 2.42. The van der Waals surface area contributed by atoms with E-state index in [2.05, 4.69) is 13.0 Å². The van der Waals surface area contributed by atoms with E-state index in [1.165, 1.54) is 11.1 Å². The van der Waals surface area contributed by atoms with Crippen molar-refractivity contribution in [1.29, 1.82) is 0 Å². The lowest BCUT2D eigenvalue weighted by Crippen LogP contribution is -2.05. The highest BCUT2D eigenvalue weighted by atomic mass is 35.5. The van der Waals surface area contributed by atoms with E-state index in [9.17, 15) is 0 Å². The van der Waals surface area contributed by atoms with Crippen molar-refractivity contribution in [2.24, 2.45) is 0 Å². The summed E-state index contributed by atoms with van der Waals surface area (Å²) in [6.07, 6.45) is 1.34. The van der Waals surface area contributed by atoms with Crippen LogP contribution in [-0.2, 0) is 12.3 Å². The van der Waals surface area contributed by atoms with Gasteiger partial charge in [0.1, 0.15) is 11.9 Å². The Hall–Kier alpha value is -0.690. The van der Waals surface area contributed by atoms with E-state index in [0.29, 0.717) is 12.0 Å². The van der Waals surface area contributed by atoms with Crippen molar-refractivity contribution >= 4 is 11.6 Å². The van der Waals surface area contributed by atoms with Crippen LogP contribution in [0.5, 0.6) is 5.75 Å². The minimum Gasteiger partial charge on any atom is -0.490 e. The van der Waals surface area contributed by atoms with Gasteiger partial charge in [-0.1, -0.05) is 12.1 Å². The van der Waals surface area contributed by atoms with Crippen LogP contribution in [0, 0.1) is 0 Å². The highest BCUT2D eigenvalue weighted by molar-refractivity contribution is 6.17. The number of halogens is 1. The first-order valence-electron chi connectivity index (χ1n) is 4.14. The summed E-state index contributed by atoms with van der Waals surface area (Å²) in [7, 11) is 0. The summed E-state index contributed by atoms with van der Waals surface area (Å²) in [6.45, 7) is 2.08. The second-order valence-corrected chi connectivity index (χ2v) is 3.48. The molecule has 1 heterocycles. The van der Waals surface area contributed by atoms with Gasteiger partial charge in [-0.05, 0) is 24.1 Å². The maximum absolute atomic E-state index is 5.72. The average Bonchev–Trinajstić information content (AvgIpc) is 2.43. The van der Waals surface area contributed by atoms with E-state index in [4.69, 9.17) is 16.3 Å². The van der Waals surface area contributed by atoms with E-state index in [1.54, 1.807) is 0 Å². The summed E-state index contributed by atoms with van der Waals surface area (Å²) in [6, 6.07) is 6.16. The van der Waals surface area contributed by atoms with Crippen molar-refractivity contribution in [3.8, 4) is 5.75 Å². The molecule has 2 rings (SSSR count). The first kappa shape index (κ1) is 7.93. The molecule has 0 bridgehead atoms. The highest BCUT2D eigenvalue weighted by Crippen LogP contribution is 2.29. The maximum Gasteiger partial charge on any atom is 0.123 e. The molecule has 1 aromatic carbocycles. The number of alkyl halides is 1. The summed E-state index contributed by atoms with van der Waals surface area (Å²) in [5.41, 5.74) is 2.47. The van der Waals surface area contributed by atoms with Crippen LogP contribution in [0.1, 0.15) is 18.1 Å². The second-order valence-electron chi connectivity index (χ2n) is 3.21. The zero-order chi connectivity index (χ0) is 8.55. The zero-order valence-electron chi connectivity index (χ0n) is 7.01. The fourth-order valence-corrected chi connectivity index (χ4v) is 1.72. The van der Waals surface area contributed by atoms with E-state index < -0.39 is 0 Å². The van der Waals surface area contributed by atoms with Crippen LogP contribution < -0.4 is 4.74 Å². The molecule has 0 aromatic heterocycles. The Morgan fingerprint density at radius 2 is 2.42 bits per heavy atom. The summed E-state index contributed by atoms with van der Waals surface area (Å²) >= 11 is 5.72. The normalized spacial score (nSPS) is 20.3. The van der Waals surface area contributed by atoms with Gasteiger partial charge in [0.25, 0.3) is 0 Å². The van der Waals surface area contributed by atoms with Crippen molar-refractivity contribution in [3.05, 3.63) is 29.3 Å². The molecule has 2 heteroatoms. The molecule has 12 heavy (non-hydrogen) atoms. The summed E-state index contributed by atoms with van der Waals surface area (Å²) in [5, 5.41) is 0. The van der Waals surface area contributed by atoms with Crippen LogP contribution in [0.3, 0.4) is 0 Å². The molecule has 1 aromatic rings. The topological polar surface area (TPSA) is 9.23 Å². The van der Waals surface area contributed by atoms with Gasteiger partial charge < -0.3 is 4.74 Å². The van der Waals surface area contributed by atoms with Gasteiger partial charge in [-0.25, -0.2) is 0 Å². The Morgan fingerprint density at radius 1 is 1.58 bits per heavy atom. The minimum absolute atomic E-state index is 0.325. The lowest BCUT2D eigenvalue weighted by Gasteiger charge is -2.01. The standard InChI is InChI=1S/C10H11ClO/c1-7-4-9-5-8(6-11)2-3-10(9)12-7/h2-3,5,7H,4,6H2,1H3. The minimum atomic E-state index is 0.325. The van der Waals surface area contributed by atoms with Gasteiger partial charge in [0, 0.05) is 12.3 Å². The molecule has 0 spiro atoms. The Labute approximate surface area is 77.3 Å². The predicted octanol–water partition coefficient (Wildman–Crippen LogP) is 2.75. The third-order valence-electron chi connectivity index (χ3n) is 2.11. The van der Waals surface area contributed by atoms with Crippen molar-refractivity contribution in [2.75, 3.05) is 0 Å². The predicted molar refractivity (Wildman–Crippen MR) is 49.8 cm³/mol. The molecule has 0 radical (unpaired) electrons. The molecule has 1 unspecified atom stereocenters. The fraction of sp³-hybridized carbons (Fsp3) is 0.400. The van der Waals surface area contributed by atoms with Crippen molar-refractivity contribution in [3.63, 3.8) is 0 Å². The van der Waals surface area contributed by atoms with Gasteiger partial charge in [-0.3, -0.25) is 0 Å². The quantitative estimate of drug-likeness (QED) is 0.607. The molecule has 0 amide bonds. The Kier molecular flexibility index (Phi) is 1.97. The first-order valence-corrected chi connectivity index (χ1v) is 4.67. The van der Waals surface area contributed by atoms with E-state index in [-0.39, 0.29) is 0 Å². The lowest BCUT2D eigenvalue weighted by molar-refractivity contribution is 0.254. The number of rotatable bonds is 1. The third kappa shape index (κ3) is 1.29. The Balaban J connectivity index is 2.35. The average molecular weight is 183 g/mol. The van der Waals surface area contributed by atoms with E-state index in [0.717, 1.165) is 12.2 Å². The van der Waals surface area contributed by atoms with E-state index >= 15 is 0 Å². The molecule has 1 nitrogen and oxygen atoms in total. The van der Waals surface area contributed by atoms with Crippen LogP contribution >= 0.6 is 11.6 Å². The molecular formula is C10H11ClO. The summed E-state index contributed by atoms with van der Waals surface area (Å²) in [5.74, 6) is 1.61. The maximum atomic E-state index is 5.72. The molecule has 1 atom stereocenters. The zero-order valence-corrected chi connectivity index (χ0v) is 7.77. The molecule has 0 N–H and O–H groups in total. The molecule has 1 aliphatic rings. The molecule has 0 saturated heterocycles. The van der Waals surface area contributed by atoms with Crippen LogP contribution in [0.15, 0.2) is 18.2 Å². The lowest BCUT2D eigenvalue weighted by atomic mass is 10.1. The number of hydrogen-bond acceptors (Lipinski definition) is 1. The number of benzene rings is 1. The monoisotopic (exact) mass is 182 g/mol. The smallest absolute Gasteiger partial charge is 0.123 e. The van der Waals surface area contributed by atoms with Gasteiger partial charge in [0.2, 0.25) is 0 Å². The van der Waals surface area contributed by atoms with Gasteiger partial charge >= 0.3 is 0 Å². The molecule has 0 saturated carbocycles. The largest absolute Gasteiger partial charge is 0.490 e. The van der Waals surface area contributed by atoms with Gasteiger partial charge in [0.05, 0.1) is 0 Å². The summed E-state index contributed by atoms with van der Waals surface area (Å²) < 4.78 is 5.56. The van der Waals surface area contributed by atoms with Crippen LogP contribution in [0.2, 0.25) is 0 Å². The second kappa shape index (κ2) is 2.98. The fourth-order valence-electron chi connectivity index (χ4n) is 1.56. The SMILES string of the molecule is CC1Cc2cc(CCl)ccc2O1. The van der Waals surface area contributed by atoms with Crippen LogP contribution in [0.25, 0.3) is 0 Å². The van der Waals surface area contributed by atoms with Gasteiger partial charge in [0.15, 0.2) is 0 Å². The summed E-state index contributed by atoms with van der Waals surface area (Å²) in [4.78, 5) is 0. The molecule has 0 fully saturated rings. The Bertz CT molecular complexity index is 296. The molecule has 1 aliphatic heterocycles. The number of ether oxygens (including phenoxy) is 1. The van der Waals surface area contributed by atoms with Crippen molar-refractivity contribution in [1.82, 2.24) is 0 Å². The van der Waals surface area contributed by atoms with Crippen molar-refractivity contribution < 1.29 is 4.74 Å². The van der Waals surface area contributed by atoms with Crippen LogP contribution in [0.4, 0.5) is 0 Å². The number of hydrogen-bond donors (Lipinski definition) is 0. The van der Waals surface area contributed by atoms with Gasteiger partial charge in [-0.15, -0.1) is 11.6 Å². The molecule has 0 aliphatic carbocycles. The van der Waals surface area contributed by atoms with Gasteiger partial charge in [-0.2, -0.15) is 0 Å². The first-order chi connectivity index (χ1) is 5.79. The van der Waals surface area contributed by atoms with Crippen molar-refractivity contribution in [2.45, 2.75) is 25.3 Å².